The van der Waals surface area contributed by atoms with Gasteiger partial charge in [0.1, 0.15) is 23.3 Å². The number of aryl methyl sites for hydroxylation is 1. The van der Waals surface area contributed by atoms with Crippen molar-refractivity contribution in [2.24, 2.45) is 7.05 Å². The predicted molar refractivity (Wildman–Crippen MR) is 131 cm³/mol. The van der Waals surface area contributed by atoms with Crippen LogP contribution in [-0.2, 0) is 11.8 Å². The largest absolute Gasteiger partial charge is 0.457 e. The van der Waals surface area contributed by atoms with Gasteiger partial charge in [0.05, 0.1) is 11.1 Å². The molecule has 0 aliphatic carbocycles. The summed E-state index contributed by atoms with van der Waals surface area (Å²) in [5.74, 6) is 1.62. The van der Waals surface area contributed by atoms with E-state index in [1.165, 1.54) is 6.08 Å². The molecule has 4 aromatic rings. The van der Waals surface area contributed by atoms with Crippen molar-refractivity contribution in [3.8, 4) is 28.8 Å². The Labute approximate surface area is 198 Å². The van der Waals surface area contributed by atoms with Gasteiger partial charge in [-0.2, -0.15) is 10.4 Å². The highest BCUT2D eigenvalue weighted by atomic mass is 16.5. The number of pyridine rings is 1. The number of nitriles is 1. The summed E-state index contributed by atoms with van der Waals surface area (Å²) < 4.78 is 7.54. The molecule has 2 aromatic carbocycles. The van der Waals surface area contributed by atoms with Crippen LogP contribution in [0.2, 0.25) is 0 Å². The first-order chi connectivity index (χ1) is 16.6. The summed E-state index contributed by atoms with van der Waals surface area (Å²) in [6.07, 6.45) is 6.99. The minimum absolute atomic E-state index is 0.0764. The van der Waals surface area contributed by atoms with Crippen LogP contribution in [0.15, 0.2) is 79.6 Å². The van der Waals surface area contributed by atoms with Crippen molar-refractivity contribution in [1.29, 1.82) is 5.26 Å². The number of fused-ring (bicyclic) bond motifs is 1. The molecule has 0 bridgehead atoms. The molecule has 1 fully saturated rings. The van der Waals surface area contributed by atoms with Gasteiger partial charge in [0.2, 0.25) is 5.91 Å². The van der Waals surface area contributed by atoms with Gasteiger partial charge in [-0.25, -0.2) is 0 Å². The molecule has 2 aromatic heterocycles. The number of ether oxygens (including phenoxy) is 1. The lowest BCUT2D eigenvalue weighted by Crippen LogP contribution is -2.25. The number of hydrogen-bond acceptors (Lipinski definition) is 5. The molecule has 3 heterocycles. The topological polar surface area (TPSA) is 84.0 Å². The van der Waals surface area contributed by atoms with E-state index in [9.17, 15) is 10.1 Å². The zero-order valence-electron chi connectivity index (χ0n) is 19.0. The Hall–Kier alpha value is -4.44. The Bertz CT molecular complexity index is 1330. The zero-order valence-corrected chi connectivity index (χ0v) is 19.0. The summed E-state index contributed by atoms with van der Waals surface area (Å²) in [5, 5.41) is 14.7. The Morgan fingerprint density at radius 1 is 1.06 bits per heavy atom. The average Bonchev–Trinajstić information content (AvgIpc) is 3.54. The number of amides is 1. The molecule has 0 atom stereocenters. The fourth-order valence-corrected chi connectivity index (χ4v) is 3.90. The number of para-hydroxylation sites is 1. The van der Waals surface area contributed by atoms with Gasteiger partial charge in [-0.15, -0.1) is 0 Å². The lowest BCUT2D eigenvalue weighted by atomic mass is 10.1. The molecule has 1 amide bonds. The molecule has 7 nitrogen and oxygen atoms in total. The minimum Gasteiger partial charge on any atom is -0.457 e. The maximum absolute atomic E-state index is 10.8. The van der Waals surface area contributed by atoms with Crippen LogP contribution < -0.4 is 4.74 Å². The number of benzene rings is 2. The number of aromatic nitrogens is 3. The Morgan fingerprint density at radius 3 is 2.38 bits per heavy atom. The molecule has 7 heteroatoms. The molecule has 0 spiro atoms. The number of hydrogen-bond donors (Lipinski definition) is 0. The Morgan fingerprint density at radius 2 is 1.74 bits per heavy atom. The van der Waals surface area contributed by atoms with E-state index in [0.29, 0.717) is 5.56 Å². The normalized spacial score (nSPS) is 12.5. The molecule has 1 aliphatic rings. The summed E-state index contributed by atoms with van der Waals surface area (Å²) in [6, 6.07) is 19.5. The maximum atomic E-state index is 10.8. The van der Waals surface area contributed by atoms with Crippen LogP contribution in [0.5, 0.6) is 11.5 Å². The van der Waals surface area contributed by atoms with Gasteiger partial charge in [0, 0.05) is 43.5 Å². The van der Waals surface area contributed by atoms with Crippen LogP contribution in [0.3, 0.4) is 0 Å². The quantitative estimate of drug-likeness (QED) is 0.403. The van der Waals surface area contributed by atoms with Gasteiger partial charge in [0.25, 0.3) is 0 Å². The monoisotopic (exact) mass is 451 g/mol. The highest BCUT2D eigenvalue weighted by Gasteiger charge is 2.15. The van der Waals surface area contributed by atoms with Crippen LogP contribution in [0, 0.1) is 11.3 Å². The molecule has 1 aliphatic heterocycles. The third kappa shape index (κ3) is 4.97. The smallest absolute Gasteiger partial charge is 0.245 e. The van der Waals surface area contributed by atoms with E-state index < -0.39 is 0 Å². The summed E-state index contributed by atoms with van der Waals surface area (Å²) in [6.45, 7) is 5.26. The van der Waals surface area contributed by atoms with E-state index in [0.717, 1.165) is 59.6 Å². The summed E-state index contributed by atoms with van der Waals surface area (Å²) >= 11 is 0. The standard InChI is InChI=1S/C20H14N4O.C7H11NO/c1-24-20-15(11-21)12-22-13-18(20)19(23-24)14-7-9-17(10-8-14)25-16-5-3-2-4-6-16;1-2-7(9)8-5-3-4-6-8/h2-10,12-13H,1H3;2H,1,3-6H2. The summed E-state index contributed by atoms with van der Waals surface area (Å²) in [5.41, 5.74) is 3.05. The van der Waals surface area contributed by atoms with Gasteiger partial charge >= 0.3 is 0 Å². The van der Waals surface area contributed by atoms with Gasteiger partial charge in [-0.1, -0.05) is 24.8 Å². The molecule has 0 N–H and O–H groups in total. The minimum atomic E-state index is 0.0764. The number of carbonyl (C=O) groups is 1. The highest BCUT2D eigenvalue weighted by Crippen LogP contribution is 2.30. The zero-order chi connectivity index (χ0) is 23.9. The van der Waals surface area contributed by atoms with Crippen molar-refractivity contribution in [1.82, 2.24) is 19.7 Å². The maximum Gasteiger partial charge on any atom is 0.245 e. The molecule has 1 saturated heterocycles. The molecule has 170 valence electrons. The van der Waals surface area contributed by atoms with E-state index in [1.807, 2.05) is 66.5 Å². The number of rotatable bonds is 4. The molecule has 0 saturated carbocycles. The van der Waals surface area contributed by atoms with Crippen molar-refractivity contribution < 1.29 is 9.53 Å². The highest BCUT2D eigenvalue weighted by molar-refractivity contribution is 5.95. The van der Waals surface area contributed by atoms with Gasteiger partial charge in [-0.3, -0.25) is 14.5 Å². The van der Waals surface area contributed by atoms with Crippen molar-refractivity contribution in [2.45, 2.75) is 12.8 Å². The third-order valence-corrected chi connectivity index (χ3v) is 5.57. The molecule has 0 unspecified atom stereocenters. The van der Waals surface area contributed by atoms with E-state index >= 15 is 0 Å². The van der Waals surface area contributed by atoms with Crippen molar-refractivity contribution >= 4 is 16.8 Å². The molecular weight excluding hydrogens is 426 g/mol. The first-order valence-electron chi connectivity index (χ1n) is 11.1. The van der Waals surface area contributed by atoms with Crippen molar-refractivity contribution in [3.05, 3.63) is 85.2 Å². The number of carbonyl (C=O) groups excluding carboxylic acids is 1. The number of nitrogens with zero attached hydrogens (tertiary/aromatic N) is 5. The number of likely N-dealkylation sites (tertiary alicyclic amines) is 1. The van der Waals surface area contributed by atoms with E-state index in [-0.39, 0.29) is 5.91 Å². The predicted octanol–water partition coefficient (Wildman–Crippen LogP) is 5.09. The summed E-state index contributed by atoms with van der Waals surface area (Å²) in [7, 11) is 1.83. The van der Waals surface area contributed by atoms with Crippen LogP contribution in [0.1, 0.15) is 18.4 Å². The first kappa shape index (κ1) is 22.7. The van der Waals surface area contributed by atoms with Gasteiger partial charge < -0.3 is 9.64 Å². The molecular formula is C27H25N5O2. The van der Waals surface area contributed by atoms with E-state index in [1.54, 1.807) is 17.1 Å². The molecule has 5 rings (SSSR count). The summed E-state index contributed by atoms with van der Waals surface area (Å²) in [4.78, 5) is 16.8. The second-order valence-electron chi connectivity index (χ2n) is 7.84. The van der Waals surface area contributed by atoms with Gasteiger partial charge in [0.15, 0.2) is 0 Å². The van der Waals surface area contributed by atoms with Crippen LogP contribution in [-0.4, -0.2) is 38.7 Å². The average molecular weight is 452 g/mol. The SMILES string of the molecule is C=CC(=O)N1CCCC1.Cn1nc(-c2ccc(Oc3ccccc3)cc2)c2cncc(C#N)c21. The molecule has 34 heavy (non-hydrogen) atoms. The van der Waals surface area contributed by atoms with Crippen molar-refractivity contribution in [3.63, 3.8) is 0 Å². The van der Waals surface area contributed by atoms with Crippen molar-refractivity contribution in [2.75, 3.05) is 13.1 Å². The Kier molecular flexibility index (Phi) is 6.99. The Balaban J connectivity index is 0.000000257. The van der Waals surface area contributed by atoms with Crippen LogP contribution in [0.4, 0.5) is 0 Å². The second-order valence-corrected chi connectivity index (χ2v) is 7.84. The van der Waals surface area contributed by atoms with Gasteiger partial charge in [-0.05, 0) is 55.3 Å². The first-order valence-corrected chi connectivity index (χ1v) is 11.1. The molecule has 0 radical (unpaired) electrons. The third-order valence-electron chi connectivity index (χ3n) is 5.57. The fourth-order valence-electron chi connectivity index (χ4n) is 3.90. The van der Waals surface area contributed by atoms with E-state index in [4.69, 9.17) is 4.74 Å². The second kappa shape index (κ2) is 10.5. The van der Waals surface area contributed by atoms with Crippen LogP contribution >= 0.6 is 0 Å². The van der Waals surface area contributed by atoms with Crippen LogP contribution in [0.25, 0.3) is 22.2 Å². The lowest BCUT2D eigenvalue weighted by Gasteiger charge is -2.10. The fraction of sp³-hybridized carbons (Fsp3) is 0.185. The van der Waals surface area contributed by atoms with E-state index in [2.05, 4.69) is 22.7 Å². The lowest BCUT2D eigenvalue weighted by molar-refractivity contribution is -0.124.